The zero-order chi connectivity index (χ0) is 22.8. The summed E-state index contributed by atoms with van der Waals surface area (Å²) in [4.78, 5) is 16.6. The van der Waals surface area contributed by atoms with Crippen LogP contribution in [0.5, 0.6) is 0 Å². The van der Waals surface area contributed by atoms with Gasteiger partial charge in [0.2, 0.25) is 21.9 Å². The van der Waals surface area contributed by atoms with Crippen LogP contribution < -0.4 is 5.32 Å². The quantitative estimate of drug-likeness (QED) is 0.555. The number of nitriles is 1. The van der Waals surface area contributed by atoms with E-state index >= 15 is 0 Å². The molecule has 0 spiro atoms. The number of hydrogen-bond acceptors (Lipinski definition) is 7. The summed E-state index contributed by atoms with van der Waals surface area (Å²) in [5.74, 6) is 0.249. The molecule has 3 fully saturated rings. The minimum atomic E-state index is -3.28. The molecule has 3 aliphatic rings. The molecular formula is C21H22N8O3S. The average molecular weight is 467 g/mol. The van der Waals surface area contributed by atoms with Crippen molar-refractivity contribution in [3.05, 3.63) is 30.7 Å². The summed E-state index contributed by atoms with van der Waals surface area (Å²) in [7, 11) is -3.28. The molecule has 6 rings (SSSR count). The van der Waals surface area contributed by atoms with Gasteiger partial charge in [0.15, 0.2) is 5.65 Å². The fourth-order valence-corrected chi connectivity index (χ4v) is 6.31. The molecule has 3 aromatic heterocycles. The van der Waals surface area contributed by atoms with Crippen LogP contribution in [0.25, 0.3) is 16.8 Å². The summed E-state index contributed by atoms with van der Waals surface area (Å²) >= 11 is 0. The van der Waals surface area contributed by atoms with E-state index in [-0.39, 0.29) is 42.5 Å². The summed E-state index contributed by atoms with van der Waals surface area (Å²) in [6.07, 6.45) is 8.64. The van der Waals surface area contributed by atoms with E-state index in [0.717, 1.165) is 24.0 Å². The Labute approximate surface area is 190 Å². The number of nitrogens with one attached hydrogen (secondary N) is 1. The number of sulfonamides is 1. The standard InChI is InChI=1S/C21H22N8O3S/c22-8-7-21(12-27(13-21)33(31,32)16-5-6-16)29-11-15(10-23-29)17-2-1-9-28-18(17)24-20(26-28)25-19(30)14-3-4-14/h1-2,9-11,14,16H,3-7,12-13H2,(H,25,26,30). The predicted molar refractivity (Wildman–Crippen MR) is 117 cm³/mol. The lowest BCUT2D eigenvalue weighted by molar-refractivity contribution is -0.117. The topological polar surface area (TPSA) is 138 Å². The summed E-state index contributed by atoms with van der Waals surface area (Å²) in [5.41, 5.74) is 1.44. The number of anilines is 1. The maximum absolute atomic E-state index is 12.6. The molecule has 1 saturated heterocycles. The van der Waals surface area contributed by atoms with Gasteiger partial charge in [-0.15, -0.1) is 5.10 Å². The first kappa shape index (κ1) is 20.3. The highest BCUT2D eigenvalue weighted by Crippen LogP contribution is 2.40. The van der Waals surface area contributed by atoms with E-state index in [1.807, 2.05) is 18.3 Å². The predicted octanol–water partition coefficient (Wildman–Crippen LogP) is 1.36. The molecule has 4 heterocycles. The number of hydrogen-bond donors (Lipinski definition) is 1. The van der Waals surface area contributed by atoms with Crippen molar-refractivity contribution in [2.45, 2.75) is 42.9 Å². The van der Waals surface area contributed by atoms with Crippen molar-refractivity contribution >= 4 is 27.5 Å². The molecule has 0 bridgehead atoms. The van der Waals surface area contributed by atoms with Crippen molar-refractivity contribution in [3.8, 4) is 17.2 Å². The lowest BCUT2D eigenvalue weighted by Gasteiger charge is -2.48. The molecule has 170 valence electrons. The van der Waals surface area contributed by atoms with Gasteiger partial charge in [-0.25, -0.2) is 12.9 Å². The van der Waals surface area contributed by atoms with Crippen LogP contribution in [0.3, 0.4) is 0 Å². The van der Waals surface area contributed by atoms with Crippen LogP contribution in [0.2, 0.25) is 0 Å². The van der Waals surface area contributed by atoms with Crippen LogP contribution >= 0.6 is 0 Å². The first-order chi connectivity index (χ1) is 15.9. The van der Waals surface area contributed by atoms with Gasteiger partial charge in [-0.05, 0) is 37.8 Å². The number of rotatable bonds is 7. The van der Waals surface area contributed by atoms with E-state index in [9.17, 15) is 18.5 Å². The fourth-order valence-electron chi connectivity index (χ4n) is 4.32. The molecule has 0 radical (unpaired) electrons. The minimum absolute atomic E-state index is 0.0522. The minimum Gasteiger partial charge on any atom is -0.293 e. The van der Waals surface area contributed by atoms with Crippen molar-refractivity contribution in [1.82, 2.24) is 28.7 Å². The molecule has 12 heteroatoms. The average Bonchev–Trinajstić information content (AvgIpc) is 3.69. The van der Waals surface area contributed by atoms with Crippen LogP contribution in [0.4, 0.5) is 5.95 Å². The number of aromatic nitrogens is 5. The van der Waals surface area contributed by atoms with Gasteiger partial charge in [-0.3, -0.25) is 14.8 Å². The number of carbonyl (C=O) groups excluding carboxylic acids is 1. The zero-order valence-electron chi connectivity index (χ0n) is 17.8. The Morgan fingerprint density at radius 1 is 1.27 bits per heavy atom. The Hall–Kier alpha value is -3.30. The van der Waals surface area contributed by atoms with E-state index in [1.54, 1.807) is 21.6 Å². The van der Waals surface area contributed by atoms with E-state index in [1.165, 1.54) is 4.31 Å². The number of pyridine rings is 1. The molecule has 2 aliphatic carbocycles. The van der Waals surface area contributed by atoms with Crippen LogP contribution in [0, 0.1) is 17.2 Å². The lowest BCUT2D eigenvalue weighted by Crippen LogP contribution is -2.64. The molecule has 1 aliphatic heterocycles. The Bertz CT molecular complexity index is 1400. The molecule has 3 aromatic rings. The molecule has 0 unspecified atom stereocenters. The van der Waals surface area contributed by atoms with Crippen molar-refractivity contribution in [3.63, 3.8) is 0 Å². The summed E-state index contributed by atoms with van der Waals surface area (Å²) < 4.78 is 29.9. The molecule has 11 nitrogen and oxygen atoms in total. The molecule has 1 amide bonds. The Balaban J connectivity index is 1.29. The first-order valence-electron chi connectivity index (χ1n) is 11.0. The molecule has 2 saturated carbocycles. The van der Waals surface area contributed by atoms with Crippen molar-refractivity contribution in [1.29, 1.82) is 5.26 Å². The number of carbonyl (C=O) groups is 1. The van der Waals surface area contributed by atoms with Crippen LogP contribution in [0.15, 0.2) is 30.7 Å². The third-order valence-corrected chi connectivity index (χ3v) is 8.87. The zero-order valence-corrected chi connectivity index (χ0v) is 18.6. The second-order valence-corrected chi connectivity index (χ2v) is 11.3. The van der Waals surface area contributed by atoms with Gasteiger partial charge in [-0.1, -0.05) is 0 Å². The number of fused-ring (bicyclic) bond motifs is 1. The number of nitrogens with zero attached hydrogens (tertiary/aromatic N) is 7. The Kier molecular flexibility index (Phi) is 4.37. The van der Waals surface area contributed by atoms with Gasteiger partial charge in [0, 0.05) is 42.5 Å². The highest BCUT2D eigenvalue weighted by atomic mass is 32.2. The molecular weight excluding hydrogens is 444 g/mol. The largest absolute Gasteiger partial charge is 0.293 e. The normalized spacial score (nSPS) is 20.3. The van der Waals surface area contributed by atoms with Gasteiger partial charge >= 0.3 is 0 Å². The van der Waals surface area contributed by atoms with Crippen molar-refractivity contribution in [2.24, 2.45) is 5.92 Å². The van der Waals surface area contributed by atoms with Gasteiger partial charge in [0.05, 0.1) is 23.9 Å². The van der Waals surface area contributed by atoms with Gasteiger partial charge in [0.1, 0.15) is 5.54 Å². The number of amides is 1. The van der Waals surface area contributed by atoms with E-state index in [0.29, 0.717) is 18.5 Å². The maximum atomic E-state index is 12.6. The van der Waals surface area contributed by atoms with E-state index in [4.69, 9.17) is 0 Å². The van der Waals surface area contributed by atoms with Crippen LogP contribution in [0.1, 0.15) is 32.1 Å². The third kappa shape index (κ3) is 3.39. The summed E-state index contributed by atoms with van der Waals surface area (Å²) in [6.45, 7) is 0.486. The highest BCUT2D eigenvalue weighted by molar-refractivity contribution is 7.90. The first-order valence-corrected chi connectivity index (χ1v) is 12.5. The fraction of sp³-hybridized carbons (Fsp3) is 0.476. The third-order valence-electron chi connectivity index (χ3n) is 6.58. The second kappa shape index (κ2) is 7.10. The molecule has 1 N–H and O–H groups in total. The van der Waals surface area contributed by atoms with Crippen molar-refractivity contribution < 1.29 is 13.2 Å². The van der Waals surface area contributed by atoms with Gasteiger partial charge in [0.25, 0.3) is 0 Å². The van der Waals surface area contributed by atoms with Gasteiger partial charge in [-0.2, -0.15) is 19.6 Å². The van der Waals surface area contributed by atoms with E-state index < -0.39 is 15.6 Å². The van der Waals surface area contributed by atoms with Crippen LogP contribution in [-0.4, -0.2) is 61.3 Å². The summed E-state index contributed by atoms with van der Waals surface area (Å²) in [6, 6.07) is 5.91. The summed E-state index contributed by atoms with van der Waals surface area (Å²) in [5, 5.41) is 20.7. The van der Waals surface area contributed by atoms with Crippen molar-refractivity contribution in [2.75, 3.05) is 18.4 Å². The lowest BCUT2D eigenvalue weighted by atomic mass is 9.89. The second-order valence-electron chi connectivity index (χ2n) is 9.13. The molecule has 33 heavy (non-hydrogen) atoms. The van der Waals surface area contributed by atoms with Gasteiger partial charge < -0.3 is 0 Å². The SMILES string of the molecule is N#CCC1(n2cc(-c3cccn4nc(NC(=O)C5CC5)nc34)cn2)CN(S(=O)(=O)C2CC2)C1. The Morgan fingerprint density at radius 2 is 2.06 bits per heavy atom. The van der Waals surface area contributed by atoms with E-state index in [2.05, 4.69) is 26.6 Å². The highest BCUT2D eigenvalue weighted by Gasteiger charge is 2.53. The Morgan fingerprint density at radius 3 is 2.76 bits per heavy atom. The molecule has 0 aromatic carbocycles. The van der Waals surface area contributed by atoms with Crippen LogP contribution in [-0.2, 0) is 20.4 Å². The smallest absolute Gasteiger partial charge is 0.249 e. The monoisotopic (exact) mass is 466 g/mol. The maximum Gasteiger partial charge on any atom is 0.249 e. The molecule has 0 atom stereocenters.